The van der Waals surface area contributed by atoms with Crippen LogP contribution in [0.2, 0.25) is 0 Å². The Labute approximate surface area is 93.4 Å². The fourth-order valence-electron chi connectivity index (χ4n) is 2.02. The first-order valence-corrected chi connectivity index (χ1v) is 6.17. The lowest BCUT2D eigenvalue weighted by Gasteiger charge is -2.15. The van der Waals surface area contributed by atoms with E-state index in [1.807, 2.05) is 0 Å². The van der Waals surface area contributed by atoms with E-state index in [2.05, 4.69) is 18.7 Å². The highest BCUT2D eigenvalue weighted by Gasteiger charge is 2.20. The van der Waals surface area contributed by atoms with Crippen LogP contribution in [0.5, 0.6) is 0 Å². The summed E-state index contributed by atoms with van der Waals surface area (Å²) in [5.41, 5.74) is 0. The maximum absolute atomic E-state index is 9.01. The van der Waals surface area contributed by atoms with Crippen molar-refractivity contribution in [3.05, 3.63) is 0 Å². The summed E-state index contributed by atoms with van der Waals surface area (Å²) in [5, 5.41) is 9.01. The van der Waals surface area contributed by atoms with E-state index in [0.29, 0.717) is 18.6 Å². The van der Waals surface area contributed by atoms with Gasteiger partial charge in [0.25, 0.3) is 0 Å². The second-order valence-electron chi connectivity index (χ2n) is 4.76. The molecular weight excluding hydrogens is 190 g/mol. The quantitative estimate of drug-likeness (QED) is 0.653. The maximum Gasteiger partial charge on any atom is 0.0518 e. The molecule has 1 fully saturated rings. The van der Waals surface area contributed by atoms with Gasteiger partial charge in [-0.15, -0.1) is 0 Å². The molecule has 0 aromatic rings. The molecule has 0 saturated carbocycles. The Kier molecular flexibility index (Phi) is 6.22. The van der Waals surface area contributed by atoms with Crippen molar-refractivity contribution in [3.63, 3.8) is 0 Å². The fourth-order valence-corrected chi connectivity index (χ4v) is 2.02. The molecule has 1 heterocycles. The minimum atomic E-state index is 0.354. The average Bonchev–Trinajstić information content (AvgIpc) is 2.65. The molecule has 0 aromatic carbocycles. The van der Waals surface area contributed by atoms with E-state index in [-0.39, 0.29) is 0 Å². The Morgan fingerprint density at radius 2 is 2.20 bits per heavy atom. The van der Waals surface area contributed by atoms with E-state index >= 15 is 0 Å². The Bertz CT molecular complexity index is 162. The number of unbranched alkanes of at least 4 members (excludes halogenated alkanes) is 1. The number of hydrogen-bond acceptors (Lipinski definition) is 3. The lowest BCUT2D eigenvalue weighted by molar-refractivity contribution is 0.0745. The lowest BCUT2D eigenvalue weighted by Crippen LogP contribution is -2.23. The van der Waals surface area contributed by atoms with Gasteiger partial charge in [-0.3, -0.25) is 0 Å². The molecular formula is C12H25NO2. The summed E-state index contributed by atoms with van der Waals surface area (Å²) < 4.78 is 5.49. The number of rotatable bonds is 7. The zero-order valence-electron chi connectivity index (χ0n) is 10.1. The zero-order valence-corrected chi connectivity index (χ0v) is 10.1. The molecule has 0 aromatic heterocycles. The van der Waals surface area contributed by atoms with Gasteiger partial charge in [0, 0.05) is 19.8 Å². The Morgan fingerprint density at radius 1 is 1.40 bits per heavy atom. The van der Waals surface area contributed by atoms with Crippen LogP contribution in [0.25, 0.3) is 0 Å². The average molecular weight is 215 g/mol. The number of hydrogen-bond donors (Lipinski definition) is 1. The molecule has 1 atom stereocenters. The summed E-state index contributed by atoms with van der Waals surface area (Å²) in [4.78, 5) is 2.45. The van der Waals surface area contributed by atoms with Crippen LogP contribution < -0.4 is 0 Å². The second-order valence-corrected chi connectivity index (χ2v) is 4.76. The molecule has 1 aliphatic rings. The van der Waals surface area contributed by atoms with Crippen molar-refractivity contribution in [2.24, 2.45) is 5.92 Å². The first-order chi connectivity index (χ1) is 7.22. The summed E-state index contributed by atoms with van der Waals surface area (Å²) in [7, 11) is 0. The minimum Gasteiger partial charge on any atom is -0.396 e. The van der Waals surface area contributed by atoms with Crippen LogP contribution in [0.15, 0.2) is 0 Å². The monoisotopic (exact) mass is 215 g/mol. The van der Waals surface area contributed by atoms with E-state index in [1.54, 1.807) is 0 Å². The van der Waals surface area contributed by atoms with E-state index in [0.717, 1.165) is 32.7 Å². The highest BCUT2D eigenvalue weighted by Crippen LogP contribution is 2.15. The summed E-state index contributed by atoms with van der Waals surface area (Å²) in [5.74, 6) is 0.525. The standard InChI is InChI=1S/C12H25NO2/c1-11(2)15-8-4-3-6-13-7-5-12(9-13)10-14/h11-12,14H,3-10H2,1-2H3. The fraction of sp³-hybridized carbons (Fsp3) is 1.00. The number of ether oxygens (including phenoxy) is 1. The van der Waals surface area contributed by atoms with Gasteiger partial charge in [0.2, 0.25) is 0 Å². The van der Waals surface area contributed by atoms with Gasteiger partial charge in [0.1, 0.15) is 0 Å². The molecule has 3 heteroatoms. The zero-order chi connectivity index (χ0) is 11.1. The lowest BCUT2D eigenvalue weighted by atomic mass is 10.1. The van der Waals surface area contributed by atoms with Crippen LogP contribution in [0.3, 0.4) is 0 Å². The van der Waals surface area contributed by atoms with Gasteiger partial charge in [-0.2, -0.15) is 0 Å². The predicted molar refractivity (Wildman–Crippen MR) is 62.0 cm³/mol. The van der Waals surface area contributed by atoms with Gasteiger partial charge < -0.3 is 14.7 Å². The molecule has 0 bridgehead atoms. The van der Waals surface area contributed by atoms with Crippen molar-refractivity contribution in [3.8, 4) is 0 Å². The van der Waals surface area contributed by atoms with Crippen molar-refractivity contribution < 1.29 is 9.84 Å². The largest absolute Gasteiger partial charge is 0.396 e. The number of aliphatic hydroxyl groups is 1. The molecule has 1 aliphatic heterocycles. The van der Waals surface area contributed by atoms with E-state index in [1.165, 1.54) is 12.8 Å². The van der Waals surface area contributed by atoms with Gasteiger partial charge in [-0.1, -0.05) is 0 Å². The van der Waals surface area contributed by atoms with Gasteiger partial charge in [-0.05, 0) is 52.1 Å². The Hall–Kier alpha value is -0.120. The van der Waals surface area contributed by atoms with Crippen molar-refractivity contribution in [2.75, 3.05) is 32.8 Å². The first-order valence-electron chi connectivity index (χ1n) is 6.17. The SMILES string of the molecule is CC(C)OCCCCN1CCC(CO)C1. The molecule has 1 unspecified atom stereocenters. The van der Waals surface area contributed by atoms with Crippen LogP contribution >= 0.6 is 0 Å². The smallest absolute Gasteiger partial charge is 0.0518 e. The van der Waals surface area contributed by atoms with Gasteiger partial charge in [-0.25, -0.2) is 0 Å². The van der Waals surface area contributed by atoms with Gasteiger partial charge in [0.05, 0.1) is 6.10 Å². The third kappa shape index (κ3) is 5.50. The van der Waals surface area contributed by atoms with Crippen molar-refractivity contribution >= 4 is 0 Å². The van der Waals surface area contributed by atoms with Crippen molar-refractivity contribution in [1.29, 1.82) is 0 Å². The molecule has 0 aliphatic carbocycles. The van der Waals surface area contributed by atoms with E-state index < -0.39 is 0 Å². The minimum absolute atomic E-state index is 0.354. The van der Waals surface area contributed by atoms with E-state index in [4.69, 9.17) is 9.84 Å². The summed E-state index contributed by atoms with van der Waals surface area (Å²) in [6.45, 7) is 8.80. The van der Waals surface area contributed by atoms with E-state index in [9.17, 15) is 0 Å². The highest BCUT2D eigenvalue weighted by atomic mass is 16.5. The van der Waals surface area contributed by atoms with Crippen LogP contribution in [0, 0.1) is 5.92 Å². The third-order valence-electron chi connectivity index (χ3n) is 2.95. The Balaban J connectivity index is 1.92. The number of likely N-dealkylation sites (tertiary alicyclic amines) is 1. The highest BCUT2D eigenvalue weighted by molar-refractivity contribution is 4.74. The summed E-state index contributed by atoms with van der Waals surface area (Å²) in [6.07, 6.45) is 3.89. The molecule has 90 valence electrons. The maximum atomic E-state index is 9.01. The van der Waals surface area contributed by atoms with Crippen LogP contribution in [0.1, 0.15) is 33.1 Å². The topological polar surface area (TPSA) is 32.7 Å². The van der Waals surface area contributed by atoms with Gasteiger partial charge >= 0.3 is 0 Å². The van der Waals surface area contributed by atoms with Crippen molar-refractivity contribution in [1.82, 2.24) is 4.90 Å². The summed E-state index contributed by atoms with van der Waals surface area (Å²) in [6, 6.07) is 0. The van der Waals surface area contributed by atoms with Crippen LogP contribution in [-0.4, -0.2) is 49.0 Å². The first kappa shape index (κ1) is 12.9. The van der Waals surface area contributed by atoms with Gasteiger partial charge in [0.15, 0.2) is 0 Å². The molecule has 1 N–H and O–H groups in total. The second kappa shape index (κ2) is 7.20. The number of aliphatic hydroxyl groups excluding tert-OH is 1. The predicted octanol–water partition coefficient (Wildman–Crippen LogP) is 1.51. The number of nitrogens with zero attached hydrogens (tertiary/aromatic N) is 1. The van der Waals surface area contributed by atoms with Crippen molar-refractivity contribution in [2.45, 2.75) is 39.2 Å². The Morgan fingerprint density at radius 3 is 2.80 bits per heavy atom. The van der Waals surface area contributed by atoms with Crippen LogP contribution in [-0.2, 0) is 4.74 Å². The molecule has 1 rings (SSSR count). The molecule has 0 spiro atoms. The normalized spacial score (nSPS) is 22.8. The molecule has 15 heavy (non-hydrogen) atoms. The summed E-state index contributed by atoms with van der Waals surface area (Å²) >= 11 is 0. The molecule has 1 saturated heterocycles. The third-order valence-corrected chi connectivity index (χ3v) is 2.95. The molecule has 0 amide bonds. The van der Waals surface area contributed by atoms with Crippen LogP contribution in [0.4, 0.5) is 0 Å². The molecule has 3 nitrogen and oxygen atoms in total. The molecule has 0 radical (unpaired) electrons.